The van der Waals surface area contributed by atoms with Crippen LogP contribution in [0.1, 0.15) is 17.0 Å². The summed E-state index contributed by atoms with van der Waals surface area (Å²) in [5, 5.41) is 12.3. The zero-order valence-electron chi connectivity index (χ0n) is 19.6. The zero-order chi connectivity index (χ0) is 24.7. The molecule has 3 aromatic rings. The van der Waals surface area contributed by atoms with Crippen LogP contribution in [0.5, 0.6) is 17.2 Å². The Morgan fingerprint density at radius 2 is 1.94 bits per heavy atom. The number of hydrogen-bond acceptors (Lipinski definition) is 7. The lowest BCUT2D eigenvalue weighted by Crippen LogP contribution is -2.15. The van der Waals surface area contributed by atoms with E-state index in [2.05, 4.69) is 22.1 Å². The van der Waals surface area contributed by atoms with E-state index < -0.39 is 0 Å². The van der Waals surface area contributed by atoms with Gasteiger partial charge in [-0.3, -0.25) is 9.36 Å². The number of halogens is 1. The summed E-state index contributed by atoms with van der Waals surface area (Å²) in [6, 6.07) is 9.13. The van der Waals surface area contributed by atoms with Crippen molar-refractivity contribution >= 4 is 35.0 Å². The van der Waals surface area contributed by atoms with Crippen LogP contribution < -0.4 is 19.5 Å². The van der Waals surface area contributed by atoms with Crippen molar-refractivity contribution in [3.63, 3.8) is 0 Å². The molecule has 0 saturated heterocycles. The van der Waals surface area contributed by atoms with Crippen molar-refractivity contribution < 1.29 is 19.0 Å². The molecule has 0 radical (unpaired) electrons. The number of thioether (sulfide) groups is 1. The summed E-state index contributed by atoms with van der Waals surface area (Å²) in [6.45, 7) is 8.61. The largest absolute Gasteiger partial charge is 0.495 e. The van der Waals surface area contributed by atoms with Crippen LogP contribution in [0.4, 0.5) is 5.69 Å². The fraction of sp³-hybridized carbons (Fsp3) is 0.292. The van der Waals surface area contributed by atoms with Crippen molar-refractivity contribution in [2.45, 2.75) is 32.2 Å². The predicted octanol–water partition coefficient (Wildman–Crippen LogP) is 5.06. The molecular weight excluding hydrogens is 476 g/mol. The first-order valence-corrected chi connectivity index (χ1v) is 11.8. The van der Waals surface area contributed by atoms with Crippen LogP contribution in [0.2, 0.25) is 5.02 Å². The number of rotatable bonds is 11. The predicted molar refractivity (Wildman–Crippen MR) is 134 cm³/mol. The van der Waals surface area contributed by atoms with Crippen molar-refractivity contribution in [1.29, 1.82) is 0 Å². The highest BCUT2D eigenvalue weighted by Crippen LogP contribution is 2.36. The second-order valence-electron chi connectivity index (χ2n) is 7.31. The molecular formula is C24H27ClN4O4S. The molecule has 180 valence electrons. The Morgan fingerprint density at radius 3 is 2.65 bits per heavy atom. The van der Waals surface area contributed by atoms with Crippen LogP contribution in [0, 0.1) is 13.8 Å². The van der Waals surface area contributed by atoms with Crippen molar-refractivity contribution in [3.8, 4) is 17.2 Å². The van der Waals surface area contributed by atoms with Crippen LogP contribution in [-0.2, 0) is 17.9 Å². The molecule has 1 heterocycles. The summed E-state index contributed by atoms with van der Waals surface area (Å²) in [6.07, 6.45) is 1.75. The summed E-state index contributed by atoms with van der Waals surface area (Å²) < 4.78 is 18.4. The van der Waals surface area contributed by atoms with Gasteiger partial charge in [0.15, 0.2) is 11.0 Å². The fourth-order valence-corrected chi connectivity index (χ4v) is 4.14. The third kappa shape index (κ3) is 6.03. The number of hydrogen-bond donors (Lipinski definition) is 1. The van der Waals surface area contributed by atoms with Crippen LogP contribution in [-0.4, -0.2) is 40.6 Å². The molecule has 3 rings (SSSR count). The minimum atomic E-state index is -0.242. The number of aromatic nitrogens is 3. The maximum Gasteiger partial charge on any atom is 0.234 e. The first-order valence-electron chi connectivity index (χ1n) is 10.4. The molecule has 0 aliphatic heterocycles. The highest BCUT2D eigenvalue weighted by atomic mass is 35.5. The van der Waals surface area contributed by atoms with E-state index in [-0.39, 0.29) is 18.3 Å². The number of nitrogens with one attached hydrogen (secondary N) is 1. The molecule has 0 saturated carbocycles. The summed E-state index contributed by atoms with van der Waals surface area (Å²) in [5.74, 6) is 2.19. The Labute approximate surface area is 208 Å². The van der Waals surface area contributed by atoms with Gasteiger partial charge in [-0.2, -0.15) is 0 Å². The number of nitrogens with zero attached hydrogens (tertiary/aromatic N) is 3. The first kappa shape index (κ1) is 25.5. The molecule has 0 fully saturated rings. The molecule has 0 atom stereocenters. The molecule has 0 bridgehead atoms. The molecule has 1 N–H and O–H groups in total. The highest BCUT2D eigenvalue weighted by Gasteiger charge is 2.17. The Kier molecular flexibility index (Phi) is 8.84. The second kappa shape index (κ2) is 11.8. The quantitative estimate of drug-likeness (QED) is 0.289. The average Bonchev–Trinajstić information content (AvgIpc) is 3.21. The lowest BCUT2D eigenvalue weighted by Gasteiger charge is -2.13. The van der Waals surface area contributed by atoms with E-state index in [0.717, 1.165) is 16.9 Å². The second-order valence-corrected chi connectivity index (χ2v) is 8.66. The van der Waals surface area contributed by atoms with E-state index in [1.165, 1.54) is 26.0 Å². The number of carbonyl (C=O) groups is 1. The van der Waals surface area contributed by atoms with E-state index in [0.29, 0.717) is 39.7 Å². The monoisotopic (exact) mass is 502 g/mol. The third-order valence-electron chi connectivity index (χ3n) is 5.10. The lowest BCUT2D eigenvalue weighted by atomic mass is 10.1. The summed E-state index contributed by atoms with van der Waals surface area (Å²) >= 11 is 7.40. The number of carbonyl (C=O) groups excluding carboxylic acids is 1. The van der Waals surface area contributed by atoms with Gasteiger partial charge in [0.25, 0.3) is 0 Å². The molecule has 0 spiro atoms. The zero-order valence-corrected chi connectivity index (χ0v) is 21.1. The molecule has 8 nitrogen and oxygen atoms in total. The van der Waals surface area contributed by atoms with E-state index in [1.54, 1.807) is 18.2 Å². The van der Waals surface area contributed by atoms with Crippen LogP contribution in [0.25, 0.3) is 0 Å². The maximum atomic E-state index is 12.6. The lowest BCUT2D eigenvalue weighted by molar-refractivity contribution is -0.113. The first-order chi connectivity index (χ1) is 16.4. The van der Waals surface area contributed by atoms with Gasteiger partial charge in [0, 0.05) is 18.7 Å². The van der Waals surface area contributed by atoms with Gasteiger partial charge in [0.2, 0.25) is 5.91 Å². The minimum absolute atomic E-state index is 0.112. The Balaban J connectivity index is 1.68. The topological polar surface area (TPSA) is 87.5 Å². The number of anilines is 1. The van der Waals surface area contributed by atoms with Gasteiger partial charge in [-0.15, -0.1) is 16.8 Å². The van der Waals surface area contributed by atoms with Gasteiger partial charge in [-0.25, -0.2) is 0 Å². The molecule has 34 heavy (non-hydrogen) atoms. The van der Waals surface area contributed by atoms with Crippen molar-refractivity contribution in [2.24, 2.45) is 0 Å². The molecule has 2 aromatic carbocycles. The standard InChI is InChI=1S/C24H27ClN4O4S/c1-6-10-29-22(13-33-19-9-7-8-15(2)16(19)3)27-28-24(29)34-14-23(30)26-18-12-20(31-4)17(25)11-21(18)32-5/h6-9,11-12H,1,10,13-14H2,2-5H3,(H,26,30). The third-order valence-corrected chi connectivity index (χ3v) is 6.36. The molecule has 0 unspecified atom stereocenters. The minimum Gasteiger partial charge on any atom is -0.495 e. The van der Waals surface area contributed by atoms with Gasteiger partial charge in [0.05, 0.1) is 30.7 Å². The number of aryl methyl sites for hydroxylation is 1. The van der Waals surface area contributed by atoms with E-state index >= 15 is 0 Å². The molecule has 0 aliphatic carbocycles. The van der Waals surface area contributed by atoms with Gasteiger partial charge >= 0.3 is 0 Å². The number of methoxy groups -OCH3 is 2. The van der Waals surface area contributed by atoms with Crippen molar-refractivity contribution in [2.75, 3.05) is 25.3 Å². The van der Waals surface area contributed by atoms with Crippen LogP contribution >= 0.6 is 23.4 Å². The smallest absolute Gasteiger partial charge is 0.234 e. The summed E-state index contributed by atoms with van der Waals surface area (Å²) in [7, 11) is 3.01. The van der Waals surface area contributed by atoms with Crippen LogP contribution in [0.15, 0.2) is 48.1 Å². The number of allylic oxidation sites excluding steroid dienone is 1. The summed E-state index contributed by atoms with van der Waals surface area (Å²) in [4.78, 5) is 12.6. The Bertz CT molecular complexity index is 1180. The molecule has 10 heteroatoms. The average molecular weight is 503 g/mol. The van der Waals surface area contributed by atoms with Crippen molar-refractivity contribution in [3.05, 3.63) is 65.0 Å². The maximum absolute atomic E-state index is 12.6. The van der Waals surface area contributed by atoms with E-state index in [4.69, 9.17) is 25.8 Å². The van der Waals surface area contributed by atoms with E-state index in [1.807, 2.05) is 36.6 Å². The highest BCUT2D eigenvalue weighted by molar-refractivity contribution is 7.99. The van der Waals surface area contributed by atoms with Crippen molar-refractivity contribution in [1.82, 2.24) is 14.8 Å². The fourth-order valence-electron chi connectivity index (χ4n) is 3.14. The van der Waals surface area contributed by atoms with E-state index in [9.17, 15) is 4.79 Å². The van der Waals surface area contributed by atoms with Crippen LogP contribution in [0.3, 0.4) is 0 Å². The number of amides is 1. The summed E-state index contributed by atoms with van der Waals surface area (Å²) in [5.41, 5.74) is 2.70. The van der Waals surface area contributed by atoms with Gasteiger partial charge in [-0.05, 0) is 31.0 Å². The molecule has 1 amide bonds. The number of ether oxygens (including phenoxy) is 3. The van der Waals surface area contributed by atoms with Gasteiger partial charge in [0.1, 0.15) is 23.9 Å². The SMILES string of the molecule is C=CCn1c(COc2cccc(C)c2C)nnc1SCC(=O)Nc1cc(OC)c(Cl)cc1OC. The Hall–Kier alpha value is -3.17. The normalized spacial score (nSPS) is 10.6. The Morgan fingerprint density at radius 1 is 1.18 bits per heavy atom. The molecule has 0 aliphatic rings. The molecule has 1 aromatic heterocycles. The number of benzene rings is 2. The van der Waals surface area contributed by atoms with Gasteiger partial charge in [-0.1, -0.05) is 41.6 Å². The van der Waals surface area contributed by atoms with Gasteiger partial charge < -0.3 is 19.5 Å².